The lowest BCUT2D eigenvalue weighted by Crippen LogP contribution is -2.32. The maximum absolute atomic E-state index is 12.3. The van der Waals surface area contributed by atoms with Gasteiger partial charge in [0.25, 0.3) is 5.91 Å². The molecule has 0 saturated carbocycles. The first-order chi connectivity index (χ1) is 10.5. The second-order valence-electron chi connectivity index (χ2n) is 4.77. The van der Waals surface area contributed by atoms with E-state index in [1.165, 1.54) is 13.3 Å². The van der Waals surface area contributed by atoms with Crippen LogP contribution in [0.5, 0.6) is 0 Å². The van der Waals surface area contributed by atoms with Gasteiger partial charge in [-0.2, -0.15) is 5.10 Å². The highest BCUT2D eigenvalue weighted by Crippen LogP contribution is 2.28. The average Bonchev–Trinajstić information content (AvgIpc) is 3.01. The third kappa shape index (κ3) is 3.46. The van der Waals surface area contributed by atoms with Crippen molar-refractivity contribution < 1.29 is 14.3 Å². The fourth-order valence-corrected chi connectivity index (χ4v) is 2.18. The van der Waals surface area contributed by atoms with Crippen LogP contribution < -0.4 is 5.32 Å². The van der Waals surface area contributed by atoms with Gasteiger partial charge in [-0.1, -0.05) is 36.7 Å². The normalized spacial score (nSPS) is 11.8. The largest absolute Gasteiger partial charge is 0.469 e. The molecule has 0 bridgehead atoms. The maximum Gasteiger partial charge on any atom is 0.310 e. The predicted molar refractivity (Wildman–Crippen MR) is 82.5 cm³/mol. The van der Waals surface area contributed by atoms with Gasteiger partial charge < -0.3 is 10.1 Å². The van der Waals surface area contributed by atoms with E-state index < -0.39 is 5.92 Å². The van der Waals surface area contributed by atoms with E-state index in [-0.39, 0.29) is 18.4 Å². The highest BCUT2D eigenvalue weighted by atomic mass is 35.5. The Hall–Kier alpha value is -2.34. The highest BCUT2D eigenvalue weighted by Gasteiger charge is 2.19. The molecule has 0 unspecified atom stereocenters. The number of nitrogens with zero attached hydrogens (tertiary/aromatic N) is 1. The van der Waals surface area contributed by atoms with Gasteiger partial charge in [0.15, 0.2) is 0 Å². The van der Waals surface area contributed by atoms with Crippen molar-refractivity contribution in [1.82, 2.24) is 15.5 Å². The summed E-state index contributed by atoms with van der Waals surface area (Å²) in [6.07, 6.45) is 1.43. The molecule has 0 aliphatic rings. The highest BCUT2D eigenvalue weighted by molar-refractivity contribution is 6.33. The molecule has 0 radical (unpaired) electrons. The zero-order chi connectivity index (χ0) is 16.1. The zero-order valence-corrected chi connectivity index (χ0v) is 13.0. The smallest absolute Gasteiger partial charge is 0.310 e. The number of H-pyrrole nitrogens is 1. The molecule has 2 aromatic rings. The third-order valence-electron chi connectivity index (χ3n) is 3.20. The lowest BCUT2D eigenvalue weighted by atomic mass is 10.1. The van der Waals surface area contributed by atoms with Crippen molar-refractivity contribution in [3.63, 3.8) is 0 Å². The molecule has 0 saturated heterocycles. The average molecular weight is 322 g/mol. The number of methoxy groups -OCH3 is 1. The van der Waals surface area contributed by atoms with E-state index in [9.17, 15) is 9.59 Å². The van der Waals surface area contributed by atoms with Crippen molar-refractivity contribution in [1.29, 1.82) is 0 Å². The number of hydrogen-bond acceptors (Lipinski definition) is 4. The van der Waals surface area contributed by atoms with E-state index >= 15 is 0 Å². The number of rotatable bonds is 5. The summed E-state index contributed by atoms with van der Waals surface area (Å²) in [5, 5.41) is 9.89. The Morgan fingerprint density at radius 3 is 2.82 bits per heavy atom. The first-order valence-electron chi connectivity index (χ1n) is 6.69. The lowest BCUT2D eigenvalue weighted by Gasteiger charge is -2.11. The van der Waals surface area contributed by atoms with E-state index in [4.69, 9.17) is 11.6 Å². The molecule has 6 nitrogen and oxygen atoms in total. The van der Waals surface area contributed by atoms with Crippen LogP contribution in [0.25, 0.3) is 11.3 Å². The maximum atomic E-state index is 12.3. The Morgan fingerprint density at radius 2 is 2.14 bits per heavy atom. The molecule has 1 atom stereocenters. The Balaban J connectivity index is 2.14. The number of hydrogen-bond donors (Lipinski definition) is 2. The minimum Gasteiger partial charge on any atom is -0.469 e. The monoisotopic (exact) mass is 321 g/mol. The summed E-state index contributed by atoms with van der Waals surface area (Å²) in [7, 11) is 1.31. The van der Waals surface area contributed by atoms with E-state index in [1.54, 1.807) is 25.1 Å². The molecule has 0 aliphatic heterocycles. The molecule has 0 fully saturated rings. The van der Waals surface area contributed by atoms with Crippen LogP contribution in [0.15, 0.2) is 30.5 Å². The summed E-state index contributed by atoms with van der Waals surface area (Å²) >= 11 is 6.14. The molecule has 2 rings (SSSR count). The predicted octanol–water partition coefficient (Wildman–Crippen LogP) is 2.27. The fourth-order valence-electron chi connectivity index (χ4n) is 1.95. The molecule has 22 heavy (non-hydrogen) atoms. The van der Waals surface area contributed by atoms with Crippen molar-refractivity contribution in [3.8, 4) is 11.3 Å². The van der Waals surface area contributed by atoms with Crippen LogP contribution in [0.4, 0.5) is 0 Å². The van der Waals surface area contributed by atoms with Crippen LogP contribution in [-0.2, 0) is 9.53 Å². The van der Waals surface area contributed by atoms with Crippen molar-refractivity contribution >= 4 is 23.5 Å². The summed E-state index contributed by atoms with van der Waals surface area (Å²) in [6, 6.07) is 7.16. The summed E-state index contributed by atoms with van der Waals surface area (Å²) in [5.74, 6) is -1.14. The Labute approximate surface area is 132 Å². The SMILES string of the molecule is COC(=O)[C@H](C)CNC(=O)c1cn[nH]c1-c1ccccc1Cl. The molecule has 7 heteroatoms. The molecule has 0 spiro atoms. The minimum atomic E-state index is -0.426. The number of aromatic nitrogens is 2. The molecule has 1 aromatic heterocycles. The van der Waals surface area contributed by atoms with Crippen LogP contribution in [0.1, 0.15) is 17.3 Å². The first kappa shape index (κ1) is 16.0. The molecule has 1 heterocycles. The van der Waals surface area contributed by atoms with E-state index in [0.717, 1.165) is 0 Å². The quantitative estimate of drug-likeness (QED) is 0.827. The van der Waals surface area contributed by atoms with Gasteiger partial charge in [-0.25, -0.2) is 0 Å². The van der Waals surface area contributed by atoms with E-state index in [1.807, 2.05) is 6.07 Å². The molecule has 116 valence electrons. The van der Waals surface area contributed by atoms with Crippen LogP contribution >= 0.6 is 11.6 Å². The number of esters is 1. The molecule has 1 amide bonds. The van der Waals surface area contributed by atoms with Gasteiger partial charge in [0.1, 0.15) is 0 Å². The number of halogens is 1. The van der Waals surface area contributed by atoms with Crippen LogP contribution in [-0.4, -0.2) is 35.7 Å². The minimum absolute atomic E-state index is 0.179. The first-order valence-corrected chi connectivity index (χ1v) is 7.06. The van der Waals surface area contributed by atoms with E-state index in [2.05, 4.69) is 20.3 Å². The van der Waals surface area contributed by atoms with Gasteiger partial charge in [0, 0.05) is 17.1 Å². The van der Waals surface area contributed by atoms with Crippen LogP contribution in [0.2, 0.25) is 5.02 Å². The van der Waals surface area contributed by atoms with Crippen molar-refractivity contribution in [2.45, 2.75) is 6.92 Å². The summed E-state index contributed by atoms with van der Waals surface area (Å²) in [6.45, 7) is 1.86. The second-order valence-corrected chi connectivity index (χ2v) is 5.18. The van der Waals surface area contributed by atoms with Crippen molar-refractivity contribution in [2.75, 3.05) is 13.7 Å². The number of ether oxygens (including phenoxy) is 1. The number of aromatic amines is 1. The van der Waals surface area contributed by atoms with Crippen LogP contribution in [0, 0.1) is 5.92 Å². The van der Waals surface area contributed by atoms with E-state index in [0.29, 0.717) is 21.8 Å². The van der Waals surface area contributed by atoms with Crippen molar-refractivity contribution in [2.24, 2.45) is 5.92 Å². The van der Waals surface area contributed by atoms with Gasteiger partial charge >= 0.3 is 5.97 Å². The third-order valence-corrected chi connectivity index (χ3v) is 3.53. The Morgan fingerprint density at radius 1 is 1.41 bits per heavy atom. The zero-order valence-electron chi connectivity index (χ0n) is 12.2. The molecular weight excluding hydrogens is 306 g/mol. The lowest BCUT2D eigenvalue weighted by molar-refractivity contribution is -0.144. The molecule has 2 N–H and O–H groups in total. The van der Waals surface area contributed by atoms with Crippen molar-refractivity contribution in [3.05, 3.63) is 41.0 Å². The molecule has 0 aliphatic carbocycles. The number of carbonyl (C=O) groups is 2. The summed E-state index contributed by atoms with van der Waals surface area (Å²) in [5.41, 5.74) is 1.59. The summed E-state index contributed by atoms with van der Waals surface area (Å²) < 4.78 is 4.62. The van der Waals surface area contributed by atoms with Gasteiger partial charge in [-0.3, -0.25) is 14.7 Å². The standard InChI is InChI=1S/C15H16ClN3O3/c1-9(15(21)22-2)7-17-14(20)11-8-18-19-13(11)10-5-3-4-6-12(10)16/h3-6,8-9H,7H2,1-2H3,(H,17,20)(H,18,19)/t9-/m1/s1. The van der Waals surface area contributed by atoms with Crippen LogP contribution in [0.3, 0.4) is 0 Å². The number of amides is 1. The number of carbonyl (C=O) groups excluding carboxylic acids is 2. The number of nitrogens with one attached hydrogen (secondary N) is 2. The second kappa shape index (κ2) is 7.09. The molecule has 1 aromatic carbocycles. The van der Waals surface area contributed by atoms with Gasteiger partial charge in [-0.05, 0) is 6.07 Å². The van der Waals surface area contributed by atoms with Gasteiger partial charge in [0.2, 0.25) is 0 Å². The summed E-state index contributed by atoms with van der Waals surface area (Å²) in [4.78, 5) is 23.6. The van der Waals surface area contributed by atoms with Gasteiger partial charge in [0.05, 0.1) is 30.5 Å². The Bertz CT molecular complexity index is 684. The fraction of sp³-hybridized carbons (Fsp3) is 0.267. The molecular formula is C15H16ClN3O3. The topological polar surface area (TPSA) is 84.1 Å². The number of benzene rings is 1. The van der Waals surface area contributed by atoms with Gasteiger partial charge in [-0.15, -0.1) is 0 Å². The Kier molecular flexibility index (Phi) is 5.16.